The minimum Gasteiger partial charge on any atom is -0.457 e. The third-order valence-corrected chi connectivity index (χ3v) is 6.17. The van der Waals surface area contributed by atoms with E-state index in [9.17, 15) is 0 Å². The molecule has 0 aliphatic carbocycles. The zero-order valence-corrected chi connectivity index (χ0v) is 21.6. The third kappa shape index (κ3) is 7.34. The van der Waals surface area contributed by atoms with Crippen LogP contribution in [0.15, 0.2) is 97.1 Å². The van der Waals surface area contributed by atoms with Crippen LogP contribution >= 0.6 is 0 Å². The molecule has 4 aromatic rings. The number of benzene rings is 4. The molecule has 4 rings (SSSR count). The summed E-state index contributed by atoms with van der Waals surface area (Å²) in [5, 5.41) is 0. The molecule has 0 saturated heterocycles. The molecule has 4 aromatic carbocycles. The predicted octanol–water partition coefficient (Wildman–Crippen LogP) is 2.26. The van der Waals surface area contributed by atoms with Gasteiger partial charge in [0.05, 0.1) is 0 Å². The van der Waals surface area contributed by atoms with Gasteiger partial charge in [-0.15, -0.1) is 0 Å². The Morgan fingerprint density at radius 1 is 0.486 bits per heavy atom. The summed E-state index contributed by atoms with van der Waals surface area (Å²) in [5.41, 5.74) is 18.1. The van der Waals surface area contributed by atoms with Crippen molar-refractivity contribution in [3.05, 3.63) is 108 Å². The van der Waals surface area contributed by atoms with E-state index in [1.54, 1.807) is 0 Å². The average Bonchev–Trinajstić information content (AvgIpc) is 2.92. The first kappa shape index (κ1) is 26.7. The van der Waals surface area contributed by atoms with Crippen LogP contribution in [0.2, 0.25) is 0 Å². The molecule has 188 valence electrons. The molecule has 7 heteroatoms. The highest BCUT2D eigenvalue weighted by atomic mass is 16.5. The predicted molar refractivity (Wildman–Crippen MR) is 155 cm³/mol. The quantitative estimate of drug-likeness (QED) is 0.297. The summed E-state index contributed by atoms with van der Waals surface area (Å²) in [6, 6.07) is 32.8. The van der Waals surface area contributed by atoms with Crippen LogP contribution in [-0.2, 0) is 9.31 Å². The van der Waals surface area contributed by atoms with Crippen molar-refractivity contribution in [2.24, 2.45) is 11.5 Å². The number of aryl methyl sites for hydroxylation is 2. The Kier molecular flexibility index (Phi) is 9.58. The topological polar surface area (TPSA) is 79.7 Å². The van der Waals surface area contributed by atoms with E-state index in [0.29, 0.717) is 26.3 Å². The van der Waals surface area contributed by atoms with Crippen LogP contribution in [0.4, 0.5) is 0 Å². The number of hydrogen-bond donors (Lipinski definition) is 2. The summed E-state index contributed by atoms with van der Waals surface area (Å²) >= 11 is 0. The van der Waals surface area contributed by atoms with Crippen LogP contribution in [-0.4, -0.2) is 40.1 Å². The van der Waals surface area contributed by atoms with Crippen molar-refractivity contribution in [3.8, 4) is 11.5 Å². The SMILES string of the molecule is Cc1ccc(B(OCCN)c2ccc(Oc3ccc(B(OCCN)c4ccc(C)cc4)cc3)cc2)cc1. The minimum atomic E-state index is -0.176. The normalized spacial score (nSPS) is 10.8. The molecule has 0 atom stereocenters. The zero-order valence-electron chi connectivity index (χ0n) is 21.6. The van der Waals surface area contributed by atoms with Gasteiger partial charge in [-0.3, -0.25) is 0 Å². The largest absolute Gasteiger partial charge is 0.457 e. The summed E-state index contributed by atoms with van der Waals surface area (Å²) in [6.07, 6.45) is 0. The Morgan fingerprint density at radius 3 is 1.08 bits per heavy atom. The van der Waals surface area contributed by atoms with E-state index >= 15 is 0 Å². The van der Waals surface area contributed by atoms with E-state index < -0.39 is 0 Å². The first-order chi connectivity index (χ1) is 18.1. The van der Waals surface area contributed by atoms with E-state index in [0.717, 1.165) is 33.4 Å². The van der Waals surface area contributed by atoms with Crippen molar-refractivity contribution < 1.29 is 14.0 Å². The van der Waals surface area contributed by atoms with Gasteiger partial charge in [0, 0.05) is 26.3 Å². The molecular weight excluding hydrogens is 458 g/mol. The maximum absolute atomic E-state index is 6.13. The molecule has 0 aliphatic rings. The van der Waals surface area contributed by atoms with E-state index in [2.05, 4.69) is 62.4 Å². The zero-order chi connectivity index (χ0) is 26.0. The molecule has 0 heterocycles. The number of nitrogens with two attached hydrogens (primary N) is 2. The molecule has 0 unspecified atom stereocenters. The smallest absolute Gasteiger partial charge is 0.361 e. The highest BCUT2D eigenvalue weighted by Gasteiger charge is 2.22. The van der Waals surface area contributed by atoms with Gasteiger partial charge >= 0.3 is 13.8 Å². The number of hydrogen-bond acceptors (Lipinski definition) is 5. The Hall–Kier alpha value is -3.35. The Bertz CT molecular complexity index is 1130. The molecule has 4 N–H and O–H groups in total. The fraction of sp³-hybridized carbons (Fsp3) is 0.200. The third-order valence-electron chi connectivity index (χ3n) is 6.17. The maximum Gasteiger partial charge on any atom is 0.361 e. The van der Waals surface area contributed by atoms with E-state index in [4.69, 9.17) is 25.5 Å². The Balaban J connectivity index is 1.47. The van der Waals surface area contributed by atoms with E-state index in [1.807, 2.05) is 48.5 Å². The fourth-order valence-corrected chi connectivity index (χ4v) is 4.18. The molecule has 0 radical (unpaired) electrons. The number of ether oxygens (including phenoxy) is 1. The van der Waals surface area contributed by atoms with Gasteiger partial charge in [-0.05, 0) is 60.0 Å². The van der Waals surface area contributed by atoms with Gasteiger partial charge in [-0.25, -0.2) is 0 Å². The van der Waals surface area contributed by atoms with Crippen LogP contribution < -0.4 is 38.1 Å². The Labute approximate surface area is 221 Å². The molecule has 0 aliphatic heterocycles. The lowest BCUT2D eigenvalue weighted by atomic mass is 9.55. The van der Waals surface area contributed by atoms with Crippen LogP contribution in [0.1, 0.15) is 11.1 Å². The first-order valence-corrected chi connectivity index (χ1v) is 12.7. The average molecular weight is 492 g/mol. The second kappa shape index (κ2) is 13.3. The van der Waals surface area contributed by atoms with Crippen molar-refractivity contribution >= 4 is 35.7 Å². The standard InChI is InChI=1S/C30H34B2N2O3/c1-23-3-7-25(8-4-23)31(35-21-19-33)27-11-15-29(16-12-27)37-30-17-13-28(14-18-30)32(36-22-20-34)26-9-5-24(2)6-10-26/h3-18H,19-22,33-34H2,1-2H3. The monoisotopic (exact) mass is 492 g/mol. The lowest BCUT2D eigenvalue weighted by molar-refractivity contribution is 0.344. The summed E-state index contributed by atoms with van der Waals surface area (Å²) in [4.78, 5) is 0. The Morgan fingerprint density at radius 2 is 0.784 bits per heavy atom. The van der Waals surface area contributed by atoms with E-state index in [-0.39, 0.29) is 13.8 Å². The van der Waals surface area contributed by atoms with E-state index in [1.165, 1.54) is 11.1 Å². The summed E-state index contributed by atoms with van der Waals surface area (Å²) < 4.78 is 18.3. The summed E-state index contributed by atoms with van der Waals surface area (Å²) in [5.74, 6) is 1.51. The molecule has 0 bridgehead atoms. The highest BCUT2D eigenvalue weighted by Crippen LogP contribution is 2.19. The molecule has 0 spiro atoms. The first-order valence-electron chi connectivity index (χ1n) is 12.7. The molecule has 0 aromatic heterocycles. The maximum atomic E-state index is 6.13. The lowest BCUT2D eigenvalue weighted by Gasteiger charge is -2.16. The minimum absolute atomic E-state index is 0.176. The molecule has 0 fully saturated rings. The second-order valence-electron chi connectivity index (χ2n) is 9.14. The van der Waals surface area contributed by atoms with Crippen molar-refractivity contribution in [3.63, 3.8) is 0 Å². The second-order valence-corrected chi connectivity index (χ2v) is 9.14. The highest BCUT2D eigenvalue weighted by molar-refractivity contribution is 6.80. The van der Waals surface area contributed by atoms with Gasteiger partial charge < -0.3 is 25.5 Å². The van der Waals surface area contributed by atoms with Gasteiger partial charge in [0.15, 0.2) is 0 Å². The summed E-state index contributed by atoms with van der Waals surface area (Å²) in [6.45, 7) is 5.73. The van der Waals surface area contributed by atoms with Crippen LogP contribution in [0.25, 0.3) is 0 Å². The van der Waals surface area contributed by atoms with Gasteiger partial charge in [0.25, 0.3) is 0 Å². The van der Waals surface area contributed by atoms with Crippen LogP contribution in [0, 0.1) is 13.8 Å². The van der Waals surface area contributed by atoms with Crippen molar-refractivity contribution in [2.75, 3.05) is 26.3 Å². The van der Waals surface area contributed by atoms with Crippen molar-refractivity contribution in [2.45, 2.75) is 13.8 Å². The molecule has 0 amide bonds. The lowest BCUT2D eigenvalue weighted by Crippen LogP contribution is -2.45. The molecular formula is C30H34B2N2O3. The van der Waals surface area contributed by atoms with Gasteiger partial charge in [-0.2, -0.15) is 0 Å². The van der Waals surface area contributed by atoms with Gasteiger partial charge in [0.1, 0.15) is 11.5 Å². The van der Waals surface area contributed by atoms with Crippen LogP contribution in [0.5, 0.6) is 11.5 Å². The van der Waals surface area contributed by atoms with Crippen molar-refractivity contribution in [1.29, 1.82) is 0 Å². The summed E-state index contributed by atoms with van der Waals surface area (Å²) in [7, 11) is 0. The van der Waals surface area contributed by atoms with Gasteiger partial charge in [-0.1, -0.05) is 83.9 Å². The van der Waals surface area contributed by atoms with Crippen molar-refractivity contribution in [1.82, 2.24) is 0 Å². The van der Waals surface area contributed by atoms with Crippen LogP contribution in [0.3, 0.4) is 0 Å². The molecule has 5 nitrogen and oxygen atoms in total. The number of rotatable bonds is 12. The molecule has 37 heavy (non-hydrogen) atoms. The fourth-order valence-electron chi connectivity index (χ4n) is 4.18. The molecule has 0 saturated carbocycles. The van der Waals surface area contributed by atoms with Gasteiger partial charge in [0.2, 0.25) is 0 Å².